The van der Waals surface area contributed by atoms with Gasteiger partial charge < -0.3 is 4.42 Å². The van der Waals surface area contributed by atoms with Crippen molar-refractivity contribution in [2.75, 3.05) is 0 Å². The highest BCUT2D eigenvalue weighted by molar-refractivity contribution is 6.23. The molecular formula is C46H28N2O. The lowest BCUT2D eigenvalue weighted by Gasteiger charge is -2.13. The molecule has 2 heterocycles. The van der Waals surface area contributed by atoms with E-state index in [0.29, 0.717) is 0 Å². The van der Waals surface area contributed by atoms with E-state index >= 15 is 0 Å². The summed E-state index contributed by atoms with van der Waals surface area (Å²) in [4.78, 5) is 10.3. The van der Waals surface area contributed by atoms with Gasteiger partial charge in [0, 0.05) is 32.7 Å². The first-order valence-corrected chi connectivity index (χ1v) is 16.6. The van der Waals surface area contributed by atoms with Crippen LogP contribution in [-0.4, -0.2) is 9.97 Å². The molecule has 0 unspecified atom stereocenters. The van der Waals surface area contributed by atoms with Crippen molar-refractivity contribution >= 4 is 54.5 Å². The van der Waals surface area contributed by atoms with Crippen LogP contribution in [0.4, 0.5) is 0 Å². The SMILES string of the molecule is c1cc(-c2ccc(-c3ccccc3-c3cnc4c5ccccc5c5ccccc5c4n3)cc2)cc(-c2cccc3c2oc2ccccc23)c1. The second-order valence-corrected chi connectivity index (χ2v) is 12.5. The Morgan fingerprint density at radius 1 is 0.367 bits per heavy atom. The van der Waals surface area contributed by atoms with Crippen molar-refractivity contribution in [2.45, 2.75) is 0 Å². The fourth-order valence-electron chi connectivity index (χ4n) is 7.39. The summed E-state index contributed by atoms with van der Waals surface area (Å²) < 4.78 is 6.35. The first kappa shape index (κ1) is 27.5. The van der Waals surface area contributed by atoms with Crippen LogP contribution in [0.3, 0.4) is 0 Å². The fourth-order valence-corrected chi connectivity index (χ4v) is 7.39. The topological polar surface area (TPSA) is 38.9 Å². The predicted octanol–water partition coefficient (Wildman–Crippen LogP) is 12.5. The molecule has 0 saturated carbocycles. The van der Waals surface area contributed by atoms with Gasteiger partial charge in [0.15, 0.2) is 0 Å². The van der Waals surface area contributed by atoms with E-state index in [1.54, 1.807) is 0 Å². The van der Waals surface area contributed by atoms with Crippen LogP contribution in [-0.2, 0) is 0 Å². The van der Waals surface area contributed by atoms with Crippen LogP contribution in [0, 0.1) is 0 Å². The summed E-state index contributed by atoms with van der Waals surface area (Å²) >= 11 is 0. The van der Waals surface area contributed by atoms with Crippen molar-refractivity contribution in [3.63, 3.8) is 0 Å². The van der Waals surface area contributed by atoms with Crippen LogP contribution in [0.15, 0.2) is 174 Å². The molecule has 0 saturated heterocycles. The van der Waals surface area contributed by atoms with Crippen LogP contribution in [0.1, 0.15) is 0 Å². The Morgan fingerprint density at radius 3 is 1.73 bits per heavy atom. The maximum Gasteiger partial charge on any atom is 0.143 e. The standard InChI is InChI=1S/C46H28N2O/c1-4-16-37(42-28-47-44-39-18-5-2-14-35(39)36-15-3-6-19-40(36)45(44)48-42)33(13-1)30-25-23-29(24-26-30)31-11-9-12-32(27-31)34-20-10-21-41-38-17-7-8-22-43(38)49-46(34)41/h1-28H. The van der Waals surface area contributed by atoms with Crippen molar-refractivity contribution in [3.8, 4) is 44.6 Å². The van der Waals surface area contributed by atoms with Crippen molar-refractivity contribution in [2.24, 2.45) is 0 Å². The first-order chi connectivity index (χ1) is 24.3. The summed E-state index contributed by atoms with van der Waals surface area (Å²) in [7, 11) is 0. The minimum atomic E-state index is 0.861. The van der Waals surface area contributed by atoms with Gasteiger partial charge in [0.25, 0.3) is 0 Å². The summed E-state index contributed by atoms with van der Waals surface area (Å²) in [6.45, 7) is 0. The number of para-hydroxylation sites is 2. The molecule has 49 heavy (non-hydrogen) atoms. The maximum atomic E-state index is 6.35. The largest absolute Gasteiger partial charge is 0.455 e. The third-order valence-electron chi connectivity index (χ3n) is 9.74. The molecule has 0 bridgehead atoms. The summed E-state index contributed by atoms with van der Waals surface area (Å²) in [6.07, 6.45) is 1.92. The molecule has 10 aromatic rings. The molecule has 228 valence electrons. The maximum absolute atomic E-state index is 6.35. The molecule has 8 aromatic carbocycles. The van der Waals surface area contributed by atoms with E-state index in [0.717, 1.165) is 88.4 Å². The Hall–Kier alpha value is -6.58. The van der Waals surface area contributed by atoms with E-state index in [-0.39, 0.29) is 0 Å². The van der Waals surface area contributed by atoms with E-state index in [9.17, 15) is 0 Å². The second kappa shape index (κ2) is 11.0. The molecule has 3 nitrogen and oxygen atoms in total. The number of hydrogen-bond donors (Lipinski definition) is 0. The van der Waals surface area contributed by atoms with Crippen LogP contribution < -0.4 is 0 Å². The highest BCUT2D eigenvalue weighted by Gasteiger charge is 2.15. The van der Waals surface area contributed by atoms with E-state index in [4.69, 9.17) is 14.4 Å². The molecule has 0 fully saturated rings. The fraction of sp³-hybridized carbons (Fsp3) is 0. The number of nitrogens with zero attached hydrogens (tertiary/aromatic N) is 2. The summed E-state index contributed by atoms with van der Waals surface area (Å²) in [5.41, 5.74) is 12.4. The summed E-state index contributed by atoms with van der Waals surface area (Å²) in [5.74, 6) is 0. The minimum Gasteiger partial charge on any atom is -0.455 e. The summed E-state index contributed by atoms with van der Waals surface area (Å²) in [6, 6.07) is 57.6. The van der Waals surface area contributed by atoms with Gasteiger partial charge in [-0.25, -0.2) is 4.98 Å². The van der Waals surface area contributed by atoms with E-state index in [1.165, 1.54) is 10.8 Å². The van der Waals surface area contributed by atoms with Crippen molar-refractivity contribution in [1.82, 2.24) is 9.97 Å². The highest BCUT2D eigenvalue weighted by Crippen LogP contribution is 2.39. The first-order valence-electron chi connectivity index (χ1n) is 16.6. The molecule has 0 aliphatic heterocycles. The lowest BCUT2D eigenvalue weighted by atomic mass is 9.94. The zero-order valence-corrected chi connectivity index (χ0v) is 26.5. The normalized spacial score (nSPS) is 11.7. The Kier molecular flexibility index (Phi) is 6.18. The third kappa shape index (κ3) is 4.44. The van der Waals surface area contributed by atoms with Gasteiger partial charge in [-0.3, -0.25) is 4.98 Å². The van der Waals surface area contributed by atoms with Gasteiger partial charge in [-0.05, 0) is 50.7 Å². The van der Waals surface area contributed by atoms with Crippen molar-refractivity contribution in [1.29, 1.82) is 0 Å². The van der Waals surface area contributed by atoms with Gasteiger partial charge in [-0.15, -0.1) is 0 Å². The zero-order chi connectivity index (χ0) is 32.3. The quantitative estimate of drug-likeness (QED) is 0.183. The Balaban J connectivity index is 1.04. The number of hydrogen-bond acceptors (Lipinski definition) is 3. The molecule has 0 spiro atoms. The molecule has 0 aliphatic rings. The monoisotopic (exact) mass is 624 g/mol. The molecule has 0 radical (unpaired) electrons. The number of rotatable bonds is 4. The van der Waals surface area contributed by atoms with Crippen LogP contribution in [0.2, 0.25) is 0 Å². The molecule has 3 heteroatoms. The Bertz CT molecular complexity index is 2850. The number of furan rings is 1. The van der Waals surface area contributed by atoms with Gasteiger partial charge in [0.05, 0.1) is 22.9 Å². The minimum absolute atomic E-state index is 0.861. The smallest absolute Gasteiger partial charge is 0.143 e. The summed E-state index contributed by atoms with van der Waals surface area (Å²) in [5, 5.41) is 6.91. The Labute approximate surface area is 282 Å². The number of aromatic nitrogens is 2. The average Bonchev–Trinajstić information content (AvgIpc) is 3.57. The van der Waals surface area contributed by atoms with Crippen molar-refractivity contribution < 1.29 is 4.42 Å². The van der Waals surface area contributed by atoms with Gasteiger partial charge in [0.2, 0.25) is 0 Å². The molecule has 2 aromatic heterocycles. The molecule has 0 amide bonds. The molecular weight excluding hydrogens is 597 g/mol. The molecule has 0 aliphatic carbocycles. The van der Waals surface area contributed by atoms with Gasteiger partial charge >= 0.3 is 0 Å². The van der Waals surface area contributed by atoms with Crippen LogP contribution >= 0.6 is 0 Å². The molecule has 0 atom stereocenters. The van der Waals surface area contributed by atoms with Gasteiger partial charge in [-0.2, -0.15) is 0 Å². The Morgan fingerprint density at radius 2 is 0.939 bits per heavy atom. The number of benzene rings is 8. The predicted molar refractivity (Wildman–Crippen MR) is 204 cm³/mol. The average molecular weight is 625 g/mol. The number of fused-ring (bicyclic) bond motifs is 9. The van der Waals surface area contributed by atoms with Crippen molar-refractivity contribution in [3.05, 3.63) is 170 Å². The van der Waals surface area contributed by atoms with Gasteiger partial charge in [-0.1, -0.05) is 152 Å². The van der Waals surface area contributed by atoms with Crippen LogP contribution in [0.5, 0.6) is 0 Å². The van der Waals surface area contributed by atoms with E-state index in [1.807, 2.05) is 18.3 Å². The van der Waals surface area contributed by atoms with E-state index < -0.39 is 0 Å². The molecule has 0 N–H and O–H groups in total. The zero-order valence-electron chi connectivity index (χ0n) is 26.5. The second-order valence-electron chi connectivity index (χ2n) is 12.5. The molecule has 10 rings (SSSR count). The van der Waals surface area contributed by atoms with Crippen LogP contribution in [0.25, 0.3) is 99.2 Å². The highest BCUT2D eigenvalue weighted by atomic mass is 16.3. The van der Waals surface area contributed by atoms with Gasteiger partial charge in [0.1, 0.15) is 11.2 Å². The lowest BCUT2D eigenvalue weighted by Crippen LogP contribution is -1.93. The third-order valence-corrected chi connectivity index (χ3v) is 9.74. The van der Waals surface area contributed by atoms with E-state index in [2.05, 4.69) is 152 Å². The lowest BCUT2D eigenvalue weighted by molar-refractivity contribution is 0.670.